The predicted molar refractivity (Wildman–Crippen MR) is 49.9 cm³/mol. The highest BCUT2D eigenvalue weighted by Gasteiger charge is 2.21. The van der Waals surface area contributed by atoms with E-state index in [2.05, 4.69) is 9.72 Å². The van der Waals surface area contributed by atoms with Crippen LogP contribution in [0, 0.1) is 5.95 Å². The molecule has 3 nitrogen and oxygen atoms in total. The van der Waals surface area contributed by atoms with E-state index in [1.54, 1.807) is 0 Å². The molecule has 88 valence electrons. The molecule has 0 atom stereocenters. The summed E-state index contributed by atoms with van der Waals surface area (Å²) in [4.78, 5) is 14.1. The van der Waals surface area contributed by atoms with Gasteiger partial charge in [-0.25, -0.2) is 13.8 Å². The Balaban J connectivity index is 3.18. The molecule has 0 aromatic carbocycles. The van der Waals surface area contributed by atoms with Crippen LogP contribution in [0.4, 0.5) is 13.2 Å². The number of alkyl halides is 2. The average molecular weight is 254 g/mol. The summed E-state index contributed by atoms with van der Waals surface area (Å²) in [5, 5.41) is -0.457. The molecule has 0 spiro atoms. The average Bonchev–Trinajstić information content (AvgIpc) is 2.15. The second kappa shape index (κ2) is 5.16. The van der Waals surface area contributed by atoms with Gasteiger partial charge in [0.2, 0.25) is 5.95 Å². The molecule has 16 heavy (non-hydrogen) atoms. The maximum absolute atomic E-state index is 12.8. The van der Waals surface area contributed by atoms with Gasteiger partial charge in [0.15, 0.2) is 0 Å². The molecule has 0 fully saturated rings. The van der Waals surface area contributed by atoms with Crippen molar-refractivity contribution in [1.82, 2.24) is 4.98 Å². The molecule has 0 N–H and O–H groups in total. The van der Waals surface area contributed by atoms with Crippen molar-refractivity contribution in [1.29, 1.82) is 0 Å². The zero-order valence-electron chi connectivity index (χ0n) is 8.14. The first-order chi connectivity index (χ1) is 7.45. The Morgan fingerprint density at radius 1 is 1.62 bits per heavy atom. The van der Waals surface area contributed by atoms with E-state index < -0.39 is 41.0 Å². The van der Waals surface area contributed by atoms with E-state index >= 15 is 0 Å². The predicted octanol–water partition coefficient (Wildman–Crippen LogP) is 2.53. The zero-order valence-corrected chi connectivity index (χ0v) is 8.89. The molecule has 0 saturated carbocycles. The van der Waals surface area contributed by atoms with Crippen molar-refractivity contribution in [2.75, 3.05) is 7.11 Å². The molecule has 0 radical (unpaired) electrons. The molecule has 1 heterocycles. The van der Waals surface area contributed by atoms with Crippen molar-refractivity contribution < 1.29 is 22.7 Å². The number of carbonyl (C=O) groups is 1. The van der Waals surface area contributed by atoms with E-state index in [4.69, 9.17) is 11.6 Å². The summed E-state index contributed by atoms with van der Waals surface area (Å²) in [6.45, 7) is 0. The first kappa shape index (κ1) is 12.8. The van der Waals surface area contributed by atoms with Crippen molar-refractivity contribution in [3.63, 3.8) is 0 Å². The van der Waals surface area contributed by atoms with Gasteiger partial charge in [-0.3, -0.25) is 4.79 Å². The maximum atomic E-state index is 12.8. The van der Waals surface area contributed by atoms with Gasteiger partial charge >= 0.3 is 5.97 Å². The van der Waals surface area contributed by atoms with Crippen LogP contribution in [0.15, 0.2) is 6.07 Å². The van der Waals surface area contributed by atoms with Crippen LogP contribution in [0.1, 0.15) is 17.7 Å². The van der Waals surface area contributed by atoms with Gasteiger partial charge in [0.25, 0.3) is 6.43 Å². The lowest BCUT2D eigenvalue weighted by molar-refractivity contribution is -0.139. The number of aromatic nitrogens is 1. The summed E-state index contributed by atoms with van der Waals surface area (Å²) in [6.07, 6.45) is -3.48. The first-order valence-corrected chi connectivity index (χ1v) is 4.53. The van der Waals surface area contributed by atoms with Gasteiger partial charge in [0.05, 0.1) is 29.8 Å². The van der Waals surface area contributed by atoms with Crippen LogP contribution in [0.3, 0.4) is 0 Å². The van der Waals surface area contributed by atoms with Crippen LogP contribution >= 0.6 is 11.6 Å². The summed E-state index contributed by atoms with van der Waals surface area (Å²) < 4.78 is 42.3. The Kier molecular flexibility index (Phi) is 4.12. The minimum absolute atomic E-state index is 0.410. The largest absolute Gasteiger partial charge is 0.469 e. The van der Waals surface area contributed by atoms with E-state index in [1.807, 2.05) is 0 Å². The topological polar surface area (TPSA) is 39.2 Å². The highest BCUT2D eigenvalue weighted by Crippen LogP contribution is 2.30. The van der Waals surface area contributed by atoms with E-state index in [9.17, 15) is 18.0 Å². The molecule has 7 heteroatoms. The smallest absolute Gasteiger partial charge is 0.311 e. The Hall–Kier alpha value is -1.30. The first-order valence-electron chi connectivity index (χ1n) is 4.15. The molecule has 0 unspecified atom stereocenters. The van der Waals surface area contributed by atoms with Crippen molar-refractivity contribution in [2.24, 2.45) is 0 Å². The Morgan fingerprint density at radius 2 is 2.25 bits per heavy atom. The maximum Gasteiger partial charge on any atom is 0.311 e. The number of carbonyl (C=O) groups excluding carboxylic acids is 1. The normalized spacial score (nSPS) is 10.6. The molecule has 0 amide bonds. The fraction of sp³-hybridized carbons (Fsp3) is 0.333. The molecule has 1 aromatic heterocycles. The number of nitrogens with zero attached hydrogens (tertiary/aromatic N) is 1. The molecular weight excluding hydrogens is 247 g/mol. The molecule has 0 saturated heterocycles. The van der Waals surface area contributed by atoms with Crippen LogP contribution in [-0.2, 0) is 16.0 Å². The number of methoxy groups -OCH3 is 1. The van der Waals surface area contributed by atoms with Gasteiger partial charge in [0.1, 0.15) is 0 Å². The fourth-order valence-corrected chi connectivity index (χ4v) is 1.40. The van der Waals surface area contributed by atoms with E-state index in [0.717, 1.165) is 7.11 Å². The molecule has 0 aliphatic rings. The lowest BCUT2D eigenvalue weighted by atomic mass is 10.1. The molecule has 1 rings (SSSR count). The minimum atomic E-state index is -2.93. The molecule has 0 aliphatic heterocycles. The van der Waals surface area contributed by atoms with Gasteiger partial charge in [-0.15, -0.1) is 0 Å². The lowest BCUT2D eigenvalue weighted by Crippen LogP contribution is -2.10. The summed E-state index contributed by atoms with van der Waals surface area (Å²) >= 11 is 5.44. The van der Waals surface area contributed by atoms with Crippen LogP contribution in [0.5, 0.6) is 0 Å². The SMILES string of the molecule is COC(=O)Cc1nc(F)cc(Cl)c1C(F)F. The lowest BCUT2D eigenvalue weighted by Gasteiger charge is -2.08. The summed E-state index contributed by atoms with van der Waals surface area (Å²) in [5.41, 5.74) is -1.06. The number of hydrogen-bond acceptors (Lipinski definition) is 3. The van der Waals surface area contributed by atoms with Crippen molar-refractivity contribution in [3.05, 3.63) is 28.3 Å². The number of pyridine rings is 1. The van der Waals surface area contributed by atoms with Crippen LogP contribution in [0.2, 0.25) is 5.02 Å². The molecule has 0 bridgehead atoms. The third kappa shape index (κ3) is 2.85. The van der Waals surface area contributed by atoms with Gasteiger partial charge < -0.3 is 4.74 Å². The molecular formula is C9H7ClF3NO2. The fourth-order valence-electron chi connectivity index (χ4n) is 1.12. The quantitative estimate of drug-likeness (QED) is 0.614. The van der Waals surface area contributed by atoms with Gasteiger partial charge in [-0.05, 0) is 0 Å². The second-order valence-corrected chi connectivity index (χ2v) is 3.25. The number of halogens is 4. The Morgan fingerprint density at radius 3 is 2.75 bits per heavy atom. The summed E-state index contributed by atoms with van der Waals surface area (Å²) in [5.74, 6) is -1.82. The Labute approximate surface area is 94.2 Å². The molecule has 0 aliphatic carbocycles. The molecule has 1 aromatic rings. The highest BCUT2D eigenvalue weighted by atomic mass is 35.5. The third-order valence-corrected chi connectivity index (χ3v) is 2.13. The van der Waals surface area contributed by atoms with Crippen LogP contribution < -0.4 is 0 Å². The number of ether oxygens (including phenoxy) is 1. The van der Waals surface area contributed by atoms with Gasteiger partial charge in [-0.1, -0.05) is 11.6 Å². The van der Waals surface area contributed by atoms with E-state index in [-0.39, 0.29) is 0 Å². The summed E-state index contributed by atoms with van der Waals surface area (Å²) in [6, 6.07) is 0.670. The minimum Gasteiger partial charge on any atom is -0.469 e. The zero-order chi connectivity index (χ0) is 12.3. The highest BCUT2D eigenvalue weighted by molar-refractivity contribution is 6.31. The standard InChI is InChI=1S/C9H7ClF3NO2/c1-16-7(15)3-5-8(9(12)13)4(10)2-6(11)14-5/h2,9H,3H2,1H3. The number of hydrogen-bond donors (Lipinski definition) is 0. The van der Waals surface area contributed by atoms with Crippen molar-refractivity contribution in [3.8, 4) is 0 Å². The third-order valence-electron chi connectivity index (χ3n) is 1.81. The van der Waals surface area contributed by atoms with Crippen LogP contribution in [0.25, 0.3) is 0 Å². The Bertz CT molecular complexity index is 412. The summed E-state index contributed by atoms with van der Waals surface area (Å²) in [7, 11) is 1.09. The number of rotatable bonds is 3. The van der Waals surface area contributed by atoms with Gasteiger partial charge in [-0.2, -0.15) is 4.39 Å². The number of esters is 1. The second-order valence-electron chi connectivity index (χ2n) is 2.84. The van der Waals surface area contributed by atoms with Crippen molar-refractivity contribution >= 4 is 17.6 Å². The van der Waals surface area contributed by atoms with Crippen LogP contribution in [-0.4, -0.2) is 18.1 Å². The van der Waals surface area contributed by atoms with Crippen molar-refractivity contribution in [2.45, 2.75) is 12.8 Å². The monoisotopic (exact) mass is 253 g/mol. The van der Waals surface area contributed by atoms with E-state index in [1.165, 1.54) is 0 Å². The van der Waals surface area contributed by atoms with Gasteiger partial charge in [0, 0.05) is 6.07 Å². The van der Waals surface area contributed by atoms with E-state index in [0.29, 0.717) is 6.07 Å².